The van der Waals surface area contributed by atoms with Crippen molar-refractivity contribution < 1.29 is 44.7 Å². The molecule has 3 heterocycles. The van der Waals surface area contributed by atoms with E-state index in [1.807, 2.05) is 0 Å². The summed E-state index contributed by atoms with van der Waals surface area (Å²) in [6.07, 6.45) is -2.10. The lowest BCUT2D eigenvalue weighted by molar-refractivity contribution is -0.123. The Kier molecular flexibility index (Phi) is 9.68. The summed E-state index contributed by atoms with van der Waals surface area (Å²) in [5, 5.41) is 21.5. The second kappa shape index (κ2) is 14.0. The predicted octanol–water partition coefficient (Wildman–Crippen LogP) is 6.24. The summed E-state index contributed by atoms with van der Waals surface area (Å²) in [4.78, 5) is 18.7. The maximum atomic E-state index is 15.6. The van der Waals surface area contributed by atoms with Crippen LogP contribution in [-0.2, 0) is 40.8 Å². The third-order valence-corrected chi connectivity index (χ3v) is 10.4. The lowest BCUT2D eigenvalue weighted by Crippen LogP contribution is -2.36. The summed E-state index contributed by atoms with van der Waals surface area (Å²) in [5.41, 5.74) is -1.81. The maximum absolute atomic E-state index is 15.6. The van der Waals surface area contributed by atoms with Gasteiger partial charge in [0.15, 0.2) is 5.82 Å². The summed E-state index contributed by atoms with van der Waals surface area (Å²) in [6.45, 7) is 1.99. The van der Waals surface area contributed by atoms with Gasteiger partial charge in [0.25, 0.3) is 12.3 Å². The van der Waals surface area contributed by atoms with E-state index in [9.17, 15) is 35.9 Å². The summed E-state index contributed by atoms with van der Waals surface area (Å²) < 4.78 is 117. The van der Waals surface area contributed by atoms with Gasteiger partial charge in [-0.3, -0.25) is 18.9 Å². The number of sulfonamides is 1. The van der Waals surface area contributed by atoms with Crippen LogP contribution < -0.4 is 10.0 Å². The number of anilines is 1. The second-order valence-electron chi connectivity index (χ2n) is 14.6. The van der Waals surface area contributed by atoms with Gasteiger partial charge < -0.3 is 10.4 Å². The van der Waals surface area contributed by atoms with Crippen molar-refractivity contribution in [1.29, 1.82) is 0 Å². The first kappa shape index (κ1) is 38.8. The van der Waals surface area contributed by atoms with Gasteiger partial charge in [-0.15, -0.1) is 0 Å². The summed E-state index contributed by atoms with van der Waals surface area (Å²) in [5.74, 6) is -2.84. The van der Waals surface area contributed by atoms with Crippen molar-refractivity contribution in [3.8, 4) is 23.0 Å². The van der Waals surface area contributed by atoms with E-state index in [-0.39, 0.29) is 47.6 Å². The van der Waals surface area contributed by atoms with Crippen LogP contribution in [0.15, 0.2) is 48.5 Å². The number of nitrogens with one attached hydrogen (secondary N) is 2. The Labute approximate surface area is 317 Å². The van der Waals surface area contributed by atoms with Gasteiger partial charge in [0.05, 0.1) is 23.5 Å². The molecule has 56 heavy (non-hydrogen) atoms. The fourth-order valence-corrected chi connectivity index (χ4v) is 8.06. The number of aliphatic hydroxyl groups is 1. The monoisotopic (exact) mass is 799 g/mol. The molecular weight excluding hydrogens is 765 g/mol. The number of benzene rings is 2. The average molecular weight is 800 g/mol. The Morgan fingerprint density at radius 3 is 2.39 bits per heavy atom. The second-order valence-corrected chi connectivity index (χ2v) is 16.4. The number of nitrogens with zero attached hydrogens (tertiary/aromatic N) is 5. The Morgan fingerprint density at radius 1 is 1.05 bits per heavy atom. The van der Waals surface area contributed by atoms with Crippen LogP contribution >= 0.6 is 0 Å². The van der Waals surface area contributed by atoms with E-state index in [2.05, 4.69) is 32.1 Å². The summed E-state index contributed by atoms with van der Waals surface area (Å²) in [7, 11) is -2.18. The third-order valence-electron chi connectivity index (χ3n) is 9.83. The lowest BCUT2D eigenvalue weighted by atomic mass is 9.73. The molecule has 0 radical (unpaired) electrons. The molecule has 3 atom stereocenters. The van der Waals surface area contributed by atoms with Crippen molar-refractivity contribution in [3.05, 3.63) is 94.1 Å². The highest BCUT2D eigenvalue weighted by Crippen LogP contribution is 2.63. The molecular formula is C38H35F6N7O4S. The van der Waals surface area contributed by atoms with Gasteiger partial charge in [0.1, 0.15) is 40.9 Å². The predicted molar refractivity (Wildman–Crippen MR) is 193 cm³/mol. The fourth-order valence-electron chi connectivity index (χ4n) is 7.56. The lowest BCUT2D eigenvalue weighted by Gasteiger charge is -2.34. The van der Waals surface area contributed by atoms with Crippen LogP contribution in [0.25, 0.3) is 22.0 Å². The van der Waals surface area contributed by atoms with Crippen LogP contribution in [0.3, 0.4) is 0 Å². The first-order chi connectivity index (χ1) is 26.2. The van der Waals surface area contributed by atoms with Crippen molar-refractivity contribution in [2.75, 3.05) is 11.0 Å². The highest BCUT2D eigenvalue weighted by atomic mass is 32.2. The smallest absolute Gasteiger partial charge is 0.293 e. The summed E-state index contributed by atoms with van der Waals surface area (Å²) in [6, 6.07) is 9.50. The molecule has 1 fully saturated rings. The van der Waals surface area contributed by atoms with Crippen LogP contribution in [0.5, 0.6) is 0 Å². The zero-order valence-corrected chi connectivity index (χ0v) is 31.2. The summed E-state index contributed by atoms with van der Waals surface area (Å²) >= 11 is 0. The maximum Gasteiger partial charge on any atom is 0.293 e. The number of aromatic nitrogens is 5. The van der Waals surface area contributed by atoms with Crippen LogP contribution in [-0.4, -0.2) is 55.8 Å². The third kappa shape index (κ3) is 7.44. The van der Waals surface area contributed by atoms with Crippen molar-refractivity contribution in [1.82, 2.24) is 29.9 Å². The number of pyridine rings is 1. The molecule has 0 saturated heterocycles. The molecule has 0 bridgehead atoms. The molecule has 3 aromatic heterocycles. The number of halogens is 6. The van der Waals surface area contributed by atoms with Crippen molar-refractivity contribution in [2.45, 2.75) is 69.6 Å². The number of alkyl halides is 4. The first-order valence-corrected chi connectivity index (χ1v) is 19.3. The molecule has 1 saturated carbocycles. The molecule has 18 heteroatoms. The van der Waals surface area contributed by atoms with E-state index in [0.29, 0.717) is 32.8 Å². The largest absolute Gasteiger partial charge is 0.378 e. The highest BCUT2D eigenvalue weighted by molar-refractivity contribution is 7.92. The molecule has 0 spiro atoms. The van der Waals surface area contributed by atoms with Crippen molar-refractivity contribution in [2.24, 2.45) is 13.0 Å². The van der Waals surface area contributed by atoms with Gasteiger partial charge in [0, 0.05) is 41.1 Å². The normalized spacial score (nSPS) is 17.9. The van der Waals surface area contributed by atoms with Gasteiger partial charge in [-0.05, 0) is 80.8 Å². The zero-order valence-electron chi connectivity index (χ0n) is 30.3. The topological polar surface area (TPSA) is 144 Å². The zero-order chi connectivity index (χ0) is 40.5. The number of carbonyl (C=O) groups is 1. The highest BCUT2D eigenvalue weighted by Gasteiger charge is 2.62. The molecule has 2 aromatic carbocycles. The van der Waals surface area contributed by atoms with Crippen LogP contribution in [0.4, 0.5) is 32.2 Å². The number of fused-ring (bicyclic) bond motifs is 4. The van der Waals surface area contributed by atoms with Crippen LogP contribution in [0, 0.1) is 29.4 Å². The Morgan fingerprint density at radius 2 is 1.77 bits per heavy atom. The number of aryl methyl sites for hydroxylation is 1. The average Bonchev–Trinajstić information content (AvgIpc) is 3.63. The van der Waals surface area contributed by atoms with Gasteiger partial charge in [-0.2, -0.15) is 19.0 Å². The number of carbonyl (C=O) groups excluding carboxylic acids is 1. The molecule has 2 aliphatic rings. The molecule has 7 rings (SSSR count). The SMILES string of the molecule is Cn1nc(NS(C)(=O)=O)c2cccc(-c3ccc(C#CC(C)(C)O)nc3C(Cc3cc(F)cc(F)c3)NC(=O)Cn3nc(C(F)F)c4c3C(F)(F)C3CCC43)c21. The van der Waals surface area contributed by atoms with Gasteiger partial charge in [-0.25, -0.2) is 31.0 Å². The molecule has 3 unspecified atom stereocenters. The molecule has 11 nitrogen and oxygen atoms in total. The van der Waals surface area contributed by atoms with E-state index in [1.54, 1.807) is 31.3 Å². The molecule has 2 aliphatic carbocycles. The quantitative estimate of drug-likeness (QED) is 0.112. The minimum Gasteiger partial charge on any atom is -0.378 e. The fraction of sp³-hybridized carbons (Fsp3) is 0.368. The van der Waals surface area contributed by atoms with E-state index in [0.717, 1.165) is 18.4 Å². The van der Waals surface area contributed by atoms with E-state index in [4.69, 9.17) is 4.98 Å². The number of para-hydroxylation sites is 1. The van der Waals surface area contributed by atoms with E-state index < -0.39 is 81.3 Å². The molecule has 3 N–H and O–H groups in total. The molecule has 294 valence electrons. The number of rotatable bonds is 10. The standard InChI is InChI=1S/C38H35F6N7O4S/c1-37(2,53)13-12-22-8-9-23(24-6-5-7-26-33(24)50(3)48-36(26)49-56(4,54)55)31(45-22)28(16-19-14-20(39)17-21(40)15-19)46-29(52)18-51-34-30(32(47-51)35(41)42)25-10-11-27(25)38(34,43)44/h5-9,14-15,17,25,27-28,35,53H,10-11,16,18H2,1-4H3,(H,46,52)(H,48,49). The Bertz CT molecular complexity index is 2550. The first-order valence-electron chi connectivity index (χ1n) is 17.4. The Hall–Kier alpha value is -5.41. The van der Waals surface area contributed by atoms with Crippen molar-refractivity contribution in [3.63, 3.8) is 0 Å². The van der Waals surface area contributed by atoms with Gasteiger partial charge in [0.2, 0.25) is 15.9 Å². The minimum atomic E-state index is -3.75. The van der Waals surface area contributed by atoms with Crippen molar-refractivity contribution >= 4 is 32.7 Å². The number of hydrogen-bond donors (Lipinski definition) is 3. The number of hydrogen-bond acceptors (Lipinski definition) is 7. The van der Waals surface area contributed by atoms with E-state index >= 15 is 8.78 Å². The van der Waals surface area contributed by atoms with E-state index in [1.165, 1.54) is 24.6 Å². The van der Waals surface area contributed by atoms with Crippen LogP contribution in [0.1, 0.15) is 79.0 Å². The molecule has 5 aromatic rings. The van der Waals surface area contributed by atoms with Crippen LogP contribution in [0.2, 0.25) is 0 Å². The Balaban J connectivity index is 1.37. The molecule has 1 amide bonds. The molecule has 0 aliphatic heterocycles. The minimum absolute atomic E-state index is 0.0225. The number of amides is 1. The van der Waals surface area contributed by atoms with Gasteiger partial charge >= 0.3 is 0 Å². The van der Waals surface area contributed by atoms with Gasteiger partial charge in [-0.1, -0.05) is 18.1 Å².